The first-order valence-electron chi connectivity index (χ1n) is 9.33. The Morgan fingerprint density at radius 3 is 2.80 bits per heavy atom. The lowest BCUT2D eigenvalue weighted by molar-refractivity contribution is -0.122. The lowest BCUT2D eigenvalue weighted by atomic mass is 10.1. The highest BCUT2D eigenvalue weighted by molar-refractivity contribution is 7.09. The minimum Gasteiger partial charge on any atom is -0.395 e. The molecule has 160 valence electrons. The van der Waals surface area contributed by atoms with Crippen LogP contribution in [0.2, 0.25) is 0 Å². The van der Waals surface area contributed by atoms with Gasteiger partial charge in [0.25, 0.3) is 11.8 Å². The molecule has 0 spiro atoms. The number of amides is 3. The summed E-state index contributed by atoms with van der Waals surface area (Å²) in [7, 11) is 0. The average molecular weight is 435 g/mol. The first-order valence-corrected chi connectivity index (χ1v) is 10.1. The van der Waals surface area contributed by atoms with E-state index in [0.29, 0.717) is 24.7 Å². The first kappa shape index (κ1) is 21.7. The van der Waals surface area contributed by atoms with Gasteiger partial charge in [-0.25, -0.2) is 4.39 Å². The van der Waals surface area contributed by atoms with Crippen LogP contribution in [0.5, 0.6) is 0 Å². The second-order valence-corrected chi connectivity index (χ2v) is 7.62. The number of anilines is 2. The molecule has 3 amide bonds. The zero-order valence-corrected chi connectivity index (χ0v) is 17.1. The van der Waals surface area contributed by atoms with Gasteiger partial charge in [0.05, 0.1) is 11.8 Å². The topological polar surface area (TPSA) is 141 Å². The molecular weight excluding hydrogens is 413 g/mol. The van der Waals surface area contributed by atoms with E-state index >= 15 is 0 Å². The number of nitrogens with one attached hydrogen (secondary N) is 1. The van der Waals surface area contributed by atoms with Crippen molar-refractivity contribution in [1.29, 1.82) is 0 Å². The fourth-order valence-electron chi connectivity index (χ4n) is 3.17. The molecule has 2 atom stereocenters. The van der Waals surface area contributed by atoms with Crippen LogP contribution in [-0.4, -0.2) is 47.4 Å². The highest BCUT2D eigenvalue weighted by atomic mass is 32.1. The normalized spacial score (nSPS) is 16.8. The van der Waals surface area contributed by atoms with Crippen LogP contribution in [0.25, 0.3) is 0 Å². The Morgan fingerprint density at radius 2 is 2.20 bits per heavy atom. The summed E-state index contributed by atoms with van der Waals surface area (Å²) >= 11 is 0.690. The Hall–Kier alpha value is -3.05. The van der Waals surface area contributed by atoms with Gasteiger partial charge in [-0.2, -0.15) is 4.37 Å². The minimum absolute atomic E-state index is 0.0631. The second-order valence-electron chi connectivity index (χ2n) is 6.85. The molecular formula is C19H22FN5O4S. The number of nitrogens with zero attached hydrogens (tertiary/aromatic N) is 2. The van der Waals surface area contributed by atoms with E-state index in [9.17, 15) is 18.8 Å². The zero-order chi connectivity index (χ0) is 21.8. The van der Waals surface area contributed by atoms with Gasteiger partial charge < -0.3 is 21.5 Å². The van der Waals surface area contributed by atoms with Crippen molar-refractivity contribution in [2.75, 3.05) is 23.8 Å². The molecule has 11 heteroatoms. The van der Waals surface area contributed by atoms with Crippen LogP contribution in [0.1, 0.15) is 39.9 Å². The maximum atomic E-state index is 13.8. The SMILES string of the molecule is C[C@@H](C(=O)NC[C@H]1CCCO1)N(C(=O)c1snc(C(N)=O)c1N)c1cccc(F)c1. The van der Waals surface area contributed by atoms with Crippen LogP contribution < -0.4 is 21.7 Å². The monoisotopic (exact) mass is 435 g/mol. The number of ether oxygens (including phenoxy) is 1. The maximum Gasteiger partial charge on any atom is 0.272 e. The Balaban J connectivity index is 1.89. The highest BCUT2D eigenvalue weighted by Crippen LogP contribution is 2.28. The molecule has 1 aliphatic heterocycles. The molecule has 0 aliphatic carbocycles. The van der Waals surface area contributed by atoms with Crippen molar-refractivity contribution >= 4 is 40.6 Å². The second kappa shape index (κ2) is 9.18. The van der Waals surface area contributed by atoms with Crippen LogP contribution in [-0.2, 0) is 9.53 Å². The lowest BCUT2D eigenvalue weighted by Crippen LogP contribution is -2.49. The van der Waals surface area contributed by atoms with E-state index in [1.165, 1.54) is 25.1 Å². The zero-order valence-electron chi connectivity index (χ0n) is 16.3. The molecule has 1 fully saturated rings. The van der Waals surface area contributed by atoms with Gasteiger partial charge in [-0.3, -0.25) is 19.3 Å². The summed E-state index contributed by atoms with van der Waals surface area (Å²) in [5.41, 5.74) is 10.9. The third-order valence-corrected chi connectivity index (χ3v) is 5.61. The number of carbonyl (C=O) groups is 3. The van der Waals surface area contributed by atoms with Crippen LogP contribution >= 0.6 is 11.5 Å². The van der Waals surface area contributed by atoms with Crippen LogP contribution in [0, 0.1) is 5.82 Å². The molecule has 0 saturated carbocycles. The van der Waals surface area contributed by atoms with E-state index in [4.69, 9.17) is 16.2 Å². The molecule has 1 aromatic carbocycles. The van der Waals surface area contributed by atoms with Crippen molar-refractivity contribution in [2.45, 2.75) is 31.9 Å². The number of hydrogen-bond acceptors (Lipinski definition) is 7. The molecule has 0 unspecified atom stereocenters. The molecule has 1 aliphatic rings. The van der Waals surface area contributed by atoms with Crippen molar-refractivity contribution in [2.24, 2.45) is 5.73 Å². The summed E-state index contributed by atoms with van der Waals surface area (Å²) in [5, 5.41) is 2.76. The Kier molecular flexibility index (Phi) is 6.63. The standard InChI is InChI=1S/C19H22FN5O4S/c1-10(18(27)23-9-13-6-3-7-29-13)25(12-5-2-4-11(20)8-12)19(28)16-14(21)15(17(22)26)24-30-16/h2,4-5,8,10,13H,3,6-7,9,21H2,1H3,(H2,22,26)(H,23,27)/t10-,13+/m0/s1. The maximum absolute atomic E-state index is 13.8. The molecule has 1 saturated heterocycles. The van der Waals surface area contributed by atoms with Gasteiger partial charge in [0.2, 0.25) is 5.91 Å². The van der Waals surface area contributed by atoms with Gasteiger partial charge in [-0.15, -0.1) is 0 Å². The third-order valence-electron chi connectivity index (χ3n) is 4.76. The minimum atomic E-state index is -1.00. The summed E-state index contributed by atoms with van der Waals surface area (Å²) < 4.78 is 23.2. The molecule has 5 N–H and O–H groups in total. The number of nitrogen functional groups attached to an aromatic ring is 1. The number of hydrogen-bond donors (Lipinski definition) is 3. The van der Waals surface area contributed by atoms with Crippen LogP contribution in [0.3, 0.4) is 0 Å². The van der Waals surface area contributed by atoms with E-state index < -0.39 is 29.6 Å². The summed E-state index contributed by atoms with van der Waals surface area (Å²) in [6.45, 7) is 2.47. The van der Waals surface area contributed by atoms with Crippen molar-refractivity contribution in [3.63, 3.8) is 0 Å². The van der Waals surface area contributed by atoms with Gasteiger partial charge >= 0.3 is 0 Å². The quantitative estimate of drug-likeness (QED) is 0.599. The fourth-order valence-corrected chi connectivity index (χ4v) is 3.91. The van der Waals surface area contributed by atoms with Gasteiger partial charge in [0.15, 0.2) is 5.69 Å². The van der Waals surface area contributed by atoms with Gasteiger partial charge in [-0.05, 0) is 49.5 Å². The van der Waals surface area contributed by atoms with E-state index in [1.54, 1.807) is 0 Å². The third kappa shape index (κ3) is 4.57. The number of primary amides is 1. The average Bonchev–Trinajstić information content (AvgIpc) is 3.35. The highest BCUT2D eigenvalue weighted by Gasteiger charge is 2.32. The van der Waals surface area contributed by atoms with E-state index in [2.05, 4.69) is 9.69 Å². The summed E-state index contributed by atoms with van der Waals surface area (Å²) in [4.78, 5) is 38.5. The Bertz CT molecular complexity index is 960. The van der Waals surface area contributed by atoms with Crippen LogP contribution in [0.15, 0.2) is 24.3 Å². The van der Waals surface area contributed by atoms with Crippen molar-refractivity contribution in [3.8, 4) is 0 Å². The number of aromatic nitrogens is 1. The van der Waals surface area contributed by atoms with Crippen LogP contribution in [0.4, 0.5) is 15.8 Å². The molecule has 9 nitrogen and oxygen atoms in total. The molecule has 30 heavy (non-hydrogen) atoms. The van der Waals surface area contributed by atoms with Gasteiger partial charge in [0, 0.05) is 18.8 Å². The van der Waals surface area contributed by atoms with Gasteiger partial charge in [0.1, 0.15) is 16.7 Å². The summed E-state index contributed by atoms with van der Waals surface area (Å²) in [6.07, 6.45) is 1.69. The number of benzene rings is 1. The Labute approximate surface area is 176 Å². The largest absolute Gasteiger partial charge is 0.395 e. The Morgan fingerprint density at radius 1 is 1.43 bits per heavy atom. The summed E-state index contributed by atoms with van der Waals surface area (Å²) in [6, 6.07) is 4.28. The van der Waals surface area contributed by atoms with E-state index in [1.807, 2.05) is 0 Å². The predicted molar refractivity (Wildman–Crippen MR) is 110 cm³/mol. The fraction of sp³-hybridized carbons (Fsp3) is 0.368. The number of nitrogens with two attached hydrogens (primary N) is 2. The molecule has 3 rings (SSSR count). The molecule has 2 aromatic rings. The number of rotatable bonds is 7. The van der Waals surface area contributed by atoms with Crippen molar-refractivity contribution < 1.29 is 23.5 Å². The number of halogens is 1. The predicted octanol–water partition coefficient (Wildman–Crippen LogP) is 1.29. The number of carbonyl (C=O) groups excluding carboxylic acids is 3. The molecule has 1 aromatic heterocycles. The molecule has 0 bridgehead atoms. The lowest BCUT2D eigenvalue weighted by Gasteiger charge is -2.28. The first-order chi connectivity index (χ1) is 14.3. The van der Waals surface area contributed by atoms with Crippen molar-refractivity contribution in [3.05, 3.63) is 40.7 Å². The molecule has 2 heterocycles. The smallest absolute Gasteiger partial charge is 0.272 e. The van der Waals surface area contributed by atoms with E-state index in [0.717, 1.165) is 23.8 Å². The summed E-state index contributed by atoms with van der Waals surface area (Å²) in [5.74, 6) is -2.58. The van der Waals surface area contributed by atoms with Crippen molar-refractivity contribution in [1.82, 2.24) is 9.69 Å². The van der Waals surface area contributed by atoms with Gasteiger partial charge in [-0.1, -0.05) is 6.07 Å². The van der Waals surface area contributed by atoms with E-state index in [-0.39, 0.29) is 28.0 Å². The molecule has 0 radical (unpaired) electrons.